The topological polar surface area (TPSA) is 23.6 Å². The molecule has 0 atom stereocenters. The Morgan fingerprint density at radius 3 is 2.68 bits per heavy atom. The Bertz CT molecular complexity index is 430. The number of hydrogen-bond donors (Lipinski definition) is 0. The Balaban J connectivity index is 2.09. The van der Waals surface area contributed by atoms with Gasteiger partial charge in [0.1, 0.15) is 0 Å². The van der Waals surface area contributed by atoms with Crippen molar-refractivity contribution >= 4 is 23.4 Å². The fourth-order valence-electron chi connectivity index (χ4n) is 2.49. The molecular formula is C15H22N2OS. The summed E-state index contributed by atoms with van der Waals surface area (Å²) in [5.74, 6) is 0.756. The fraction of sp³-hybridized carbons (Fsp3) is 0.533. The molecule has 1 aliphatic rings. The van der Waals surface area contributed by atoms with E-state index in [-0.39, 0.29) is 5.91 Å². The number of benzene rings is 1. The van der Waals surface area contributed by atoms with Gasteiger partial charge in [0.25, 0.3) is 0 Å². The van der Waals surface area contributed by atoms with Crippen LogP contribution >= 0.6 is 11.8 Å². The van der Waals surface area contributed by atoms with E-state index < -0.39 is 0 Å². The summed E-state index contributed by atoms with van der Waals surface area (Å²) in [7, 11) is 1.89. The van der Waals surface area contributed by atoms with Gasteiger partial charge >= 0.3 is 0 Å². The molecule has 19 heavy (non-hydrogen) atoms. The molecule has 0 radical (unpaired) electrons. The second-order valence-corrected chi connectivity index (χ2v) is 5.87. The molecule has 0 unspecified atom stereocenters. The molecule has 0 spiro atoms. The third-order valence-corrected chi connectivity index (χ3v) is 4.08. The zero-order valence-corrected chi connectivity index (χ0v) is 12.6. The van der Waals surface area contributed by atoms with Crippen LogP contribution in [0.3, 0.4) is 0 Å². The predicted molar refractivity (Wildman–Crippen MR) is 82.7 cm³/mol. The molecule has 1 heterocycles. The SMILES string of the molecule is CSCC(=O)N(C)Cc1ccccc1N1CCCC1. The molecule has 1 aliphatic heterocycles. The monoisotopic (exact) mass is 278 g/mol. The number of carbonyl (C=O) groups is 1. The number of nitrogens with zero attached hydrogens (tertiary/aromatic N) is 2. The van der Waals surface area contributed by atoms with Gasteiger partial charge in [-0.1, -0.05) is 18.2 Å². The highest BCUT2D eigenvalue weighted by molar-refractivity contribution is 7.99. The Labute approximate surface area is 120 Å². The van der Waals surface area contributed by atoms with Crippen molar-refractivity contribution in [1.29, 1.82) is 0 Å². The number of thioether (sulfide) groups is 1. The molecule has 0 saturated carbocycles. The molecule has 0 aromatic heterocycles. The summed E-state index contributed by atoms with van der Waals surface area (Å²) in [6.45, 7) is 2.98. The highest BCUT2D eigenvalue weighted by Gasteiger charge is 2.17. The smallest absolute Gasteiger partial charge is 0.232 e. The molecule has 2 rings (SSSR count). The van der Waals surface area contributed by atoms with Crippen LogP contribution in [0, 0.1) is 0 Å². The quantitative estimate of drug-likeness (QED) is 0.827. The summed E-state index contributed by atoms with van der Waals surface area (Å²) in [5.41, 5.74) is 2.55. The van der Waals surface area contributed by atoms with Crippen molar-refractivity contribution in [1.82, 2.24) is 4.90 Å². The first-order valence-electron chi connectivity index (χ1n) is 6.78. The number of hydrogen-bond acceptors (Lipinski definition) is 3. The number of carbonyl (C=O) groups excluding carboxylic acids is 1. The third-order valence-electron chi connectivity index (χ3n) is 3.54. The Kier molecular flexibility index (Phi) is 5.14. The van der Waals surface area contributed by atoms with Crippen molar-refractivity contribution < 1.29 is 4.79 Å². The van der Waals surface area contributed by atoms with E-state index in [2.05, 4.69) is 29.2 Å². The average Bonchev–Trinajstić information content (AvgIpc) is 2.93. The normalized spacial score (nSPS) is 14.7. The highest BCUT2D eigenvalue weighted by Crippen LogP contribution is 2.25. The maximum atomic E-state index is 11.9. The Morgan fingerprint density at radius 2 is 2.00 bits per heavy atom. The molecule has 1 saturated heterocycles. The largest absolute Gasteiger partial charge is 0.371 e. The lowest BCUT2D eigenvalue weighted by Crippen LogP contribution is -2.29. The van der Waals surface area contributed by atoms with Crippen LogP contribution < -0.4 is 4.90 Å². The van der Waals surface area contributed by atoms with E-state index in [9.17, 15) is 4.79 Å². The summed E-state index contributed by atoms with van der Waals surface area (Å²) in [6.07, 6.45) is 4.51. The van der Waals surface area contributed by atoms with Gasteiger partial charge in [0.2, 0.25) is 5.91 Å². The summed E-state index contributed by atoms with van der Waals surface area (Å²) < 4.78 is 0. The van der Waals surface area contributed by atoms with Crippen molar-refractivity contribution in [2.45, 2.75) is 19.4 Å². The standard InChI is InChI=1S/C15H22N2OS/c1-16(15(18)12-19-2)11-13-7-3-4-8-14(13)17-9-5-6-10-17/h3-4,7-8H,5-6,9-12H2,1-2H3. The lowest BCUT2D eigenvalue weighted by atomic mass is 10.1. The summed E-state index contributed by atoms with van der Waals surface area (Å²) in [5, 5.41) is 0. The van der Waals surface area contributed by atoms with Crippen LogP contribution in [0.25, 0.3) is 0 Å². The molecule has 1 aromatic rings. The van der Waals surface area contributed by atoms with E-state index in [1.807, 2.05) is 18.2 Å². The molecule has 1 aromatic carbocycles. The van der Waals surface area contributed by atoms with Crippen LogP contribution in [-0.4, -0.2) is 43.0 Å². The summed E-state index contributed by atoms with van der Waals surface area (Å²) >= 11 is 1.58. The van der Waals surface area contributed by atoms with E-state index in [0.717, 1.165) is 13.1 Å². The Morgan fingerprint density at radius 1 is 1.32 bits per heavy atom. The van der Waals surface area contributed by atoms with Gasteiger partial charge in [-0.3, -0.25) is 4.79 Å². The van der Waals surface area contributed by atoms with Crippen LogP contribution in [-0.2, 0) is 11.3 Å². The zero-order valence-electron chi connectivity index (χ0n) is 11.8. The maximum Gasteiger partial charge on any atom is 0.232 e. The molecule has 0 aliphatic carbocycles. The Hall–Kier alpha value is -1.16. The third kappa shape index (κ3) is 3.66. The number of rotatable bonds is 5. The molecular weight excluding hydrogens is 256 g/mol. The van der Waals surface area contributed by atoms with Gasteiger partial charge < -0.3 is 9.80 Å². The number of anilines is 1. The minimum Gasteiger partial charge on any atom is -0.371 e. The van der Waals surface area contributed by atoms with Crippen LogP contribution in [0.5, 0.6) is 0 Å². The highest BCUT2D eigenvalue weighted by atomic mass is 32.2. The lowest BCUT2D eigenvalue weighted by Gasteiger charge is -2.24. The minimum atomic E-state index is 0.198. The van der Waals surface area contributed by atoms with Gasteiger partial charge in [-0.15, -0.1) is 0 Å². The minimum absolute atomic E-state index is 0.198. The van der Waals surface area contributed by atoms with Crippen LogP contribution in [0.2, 0.25) is 0 Å². The predicted octanol–water partition coefficient (Wildman–Crippen LogP) is 2.61. The van der Waals surface area contributed by atoms with Gasteiger partial charge in [0.05, 0.1) is 5.75 Å². The van der Waals surface area contributed by atoms with Gasteiger partial charge in [-0.05, 0) is 30.7 Å². The second-order valence-electron chi connectivity index (χ2n) is 5.01. The van der Waals surface area contributed by atoms with Gasteiger partial charge in [-0.2, -0.15) is 11.8 Å². The van der Waals surface area contributed by atoms with Crippen molar-refractivity contribution in [2.24, 2.45) is 0 Å². The molecule has 3 nitrogen and oxygen atoms in total. The summed E-state index contributed by atoms with van der Waals surface area (Å²) in [6, 6.07) is 8.45. The van der Waals surface area contributed by atoms with Crippen molar-refractivity contribution in [3.05, 3.63) is 29.8 Å². The first-order valence-corrected chi connectivity index (χ1v) is 8.17. The zero-order chi connectivity index (χ0) is 13.7. The van der Waals surface area contributed by atoms with E-state index >= 15 is 0 Å². The molecule has 4 heteroatoms. The van der Waals surface area contributed by atoms with E-state index in [0.29, 0.717) is 12.3 Å². The van der Waals surface area contributed by atoms with Crippen molar-refractivity contribution in [3.8, 4) is 0 Å². The van der Waals surface area contributed by atoms with Gasteiger partial charge in [0, 0.05) is 32.4 Å². The van der Waals surface area contributed by atoms with Crippen LogP contribution in [0.1, 0.15) is 18.4 Å². The van der Waals surface area contributed by atoms with E-state index in [4.69, 9.17) is 0 Å². The van der Waals surface area contributed by atoms with Gasteiger partial charge in [-0.25, -0.2) is 0 Å². The molecule has 0 N–H and O–H groups in total. The summed E-state index contributed by atoms with van der Waals surface area (Å²) in [4.78, 5) is 16.1. The van der Waals surface area contributed by atoms with Crippen LogP contribution in [0.4, 0.5) is 5.69 Å². The van der Waals surface area contributed by atoms with Crippen molar-refractivity contribution in [2.75, 3.05) is 37.0 Å². The fourth-order valence-corrected chi connectivity index (χ4v) is 2.96. The van der Waals surface area contributed by atoms with E-state index in [1.54, 1.807) is 11.8 Å². The van der Waals surface area contributed by atoms with Gasteiger partial charge in [0.15, 0.2) is 0 Å². The second kappa shape index (κ2) is 6.85. The van der Waals surface area contributed by atoms with Crippen LogP contribution in [0.15, 0.2) is 24.3 Å². The first kappa shape index (κ1) is 14.3. The lowest BCUT2D eigenvalue weighted by molar-refractivity contribution is -0.127. The molecule has 104 valence electrons. The molecule has 1 amide bonds. The van der Waals surface area contributed by atoms with Crippen molar-refractivity contribution in [3.63, 3.8) is 0 Å². The average molecular weight is 278 g/mol. The number of amides is 1. The molecule has 0 bridgehead atoms. The van der Waals surface area contributed by atoms with E-state index in [1.165, 1.54) is 24.1 Å². The first-order chi connectivity index (χ1) is 9.22. The maximum absolute atomic E-state index is 11.9. The molecule has 1 fully saturated rings. The number of para-hydroxylation sites is 1.